The first-order valence-corrected chi connectivity index (χ1v) is 16.1. The highest BCUT2D eigenvalue weighted by Crippen LogP contribution is 2.55. The van der Waals surface area contributed by atoms with Gasteiger partial charge in [0.05, 0.1) is 6.04 Å². The Morgan fingerprint density at radius 2 is 1.53 bits per heavy atom. The second-order valence-electron chi connectivity index (χ2n) is 14.4. The second-order valence-corrected chi connectivity index (χ2v) is 14.4. The van der Waals surface area contributed by atoms with Crippen LogP contribution in [0.4, 0.5) is 4.79 Å². The molecule has 3 atom stereocenters. The Kier molecular flexibility index (Phi) is 10.4. The van der Waals surface area contributed by atoms with Crippen molar-refractivity contribution in [3.63, 3.8) is 0 Å². The van der Waals surface area contributed by atoms with E-state index >= 15 is 0 Å². The molecule has 0 aromatic heterocycles. The Hall–Kier alpha value is -3.17. The van der Waals surface area contributed by atoms with Crippen molar-refractivity contribution in [1.82, 2.24) is 26.2 Å². The van der Waals surface area contributed by atoms with Gasteiger partial charge < -0.3 is 26.2 Å². The van der Waals surface area contributed by atoms with Gasteiger partial charge in [-0.3, -0.25) is 19.2 Å². The lowest BCUT2D eigenvalue weighted by Crippen LogP contribution is -2.65. The highest BCUT2D eigenvalue weighted by atomic mass is 16.2. The van der Waals surface area contributed by atoms with Gasteiger partial charge >= 0.3 is 6.03 Å². The molecule has 1 heterocycles. The summed E-state index contributed by atoms with van der Waals surface area (Å²) in [7, 11) is 0. The largest absolute Gasteiger partial charge is 0.349 e. The number of urea groups is 1. The monoisotopic (exact) mass is 597 g/mol. The summed E-state index contributed by atoms with van der Waals surface area (Å²) < 4.78 is 0. The molecule has 10 heteroatoms. The Morgan fingerprint density at radius 3 is 2.09 bits per heavy atom. The van der Waals surface area contributed by atoms with Crippen molar-refractivity contribution in [1.29, 1.82) is 0 Å². The summed E-state index contributed by atoms with van der Waals surface area (Å²) in [6.07, 6.45) is 12.3. The zero-order valence-electron chi connectivity index (χ0n) is 26.2. The van der Waals surface area contributed by atoms with Crippen LogP contribution in [0.2, 0.25) is 0 Å². The number of Topliss-reactive ketones (excluding diaryl/α,β-unsaturated/α-hetero) is 1. The lowest BCUT2D eigenvalue weighted by Gasteiger charge is -2.56. The summed E-state index contributed by atoms with van der Waals surface area (Å²) >= 11 is 0. The van der Waals surface area contributed by atoms with E-state index in [1.807, 2.05) is 20.8 Å². The summed E-state index contributed by atoms with van der Waals surface area (Å²) in [6.45, 7) is 13.6. The molecule has 5 aliphatic rings. The second kappa shape index (κ2) is 13.6. The Labute approximate surface area is 256 Å². The summed E-state index contributed by atoms with van der Waals surface area (Å²) in [4.78, 5) is 67.8. The Morgan fingerprint density at radius 1 is 0.930 bits per heavy atom. The highest BCUT2D eigenvalue weighted by molar-refractivity contribution is 6.38. The van der Waals surface area contributed by atoms with Gasteiger partial charge in [0.15, 0.2) is 0 Å². The lowest BCUT2D eigenvalue weighted by atomic mass is 9.53. The molecular formula is C33H51N5O5. The molecule has 1 saturated heterocycles. The van der Waals surface area contributed by atoms with Crippen LogP contribution in [-0.4, -0.2) is 71.2 Å². The van der Waals surface area contributed by atoms with Gasteiger partial charge in [-0.05, 0) is 93.8 Å². The summed E-state index contributed by atoms with van der Waals surface area (Å²) in [5, 5.41) is 11.6. The van der Waals surface area contributed by atoms with E-state index in [9.17, 15) is 24.0 Å². The predicted molar refractivity (Wildman–Crippen MR) is 165 cm³/mol. The van der Waals surface area contributed by atoms with Crippen LogP contribution < -0.4 is 21.3 Å². The number of allylic oxidation sites excluding steroid dienone is 1. The molecule has 5 fully saturated rings. The normalized spacial score (nSPS) is 28.9. The van der Waals surface area contributed by atoms with E-state index in [1.165, 1.54) is 24.2 Å². The van der Waals surface area contributed by atoms with Gasteiger partial charge in [0.1, 0.15) is 12.1 Å². The van der Waals surface area contributed by atoms with Crippen LogP contribution >= 0.6 is 0 Å². The molecule has 4 bridgehead atoms. The molecule has 238 valence electrons. The summed E-state index contributed by atoms with van der Waals surface area (Å²) in [5.74, 6) is -0.259. The standard InChI is InChI=1S/C33H51N5O5/c1-6-8-11-24(26(39)29(41)34-13-9-7-2)35-28(40)25-12-10-14-38(25)30(42)27(32(3,4)5)36-31(43)37-33-18-21-15-22(19-33)17-23(16-21)20-33/h6-7,21-25,27H,1-2,8-20H2,3-5H3,(H,34,41)(H,35,40)(H2,36,37,43)/t21?,22?,23?,24?,25-,27?,33?/m0/s1. The zero-order valence-corrected chi connectivity index (χ0v) is 26.2. The molecule has 0 spiro atoms. The smallest absolute Gasteiger partial charge is 0.315 e. The number of nitrogens with one attached hydrogen (secondary N) is 4. The van der Waals surface area contributed by atoms with Crippen molar-refractivity contribution in [3.05, 3.63) is 25.3 Å². The maximum Gasteiger partial charge on any atom is 0.315 e. The van der Waals surface area contributed by atoms with E-state index < -0.39 is 41.1 Å². The molecule has 4 N–H and O–H groups in total. The first-order valence-electron chi connectivity index (χ1n) is 16.1. The van der Waals surface area contributed by atoms with Crippen LogP contribution in [0, 0.1) is 23.2 Å². The summed E-state index contributed by atoms with van der Waals surface area (Å²) in [5.41, 5.74) is -0.795. The first kappa shape index (κ1) is 32.7. The van der Waals surface area contributed by atoms with E-state index in [-0.39, 0.29) is 30.4 Å². The van der Waals surface area contributed by atoms with Crippen molar-refractivity contribution in [3.8, 4) is 0 Å². The van der Waals surface area contributed by atoms with E-state index in [2.05, 4.69) is 34.4 Å². The third kappa shape index (κ3) is 7.87. The van der Waals surface area contributed by atoms with Gasteiger partial charge in [-0.1, -0.05) is 32.9 Å². The van der Waals surface area contributed by atoms with Crippen LogP contribution in [-0.2, 0) is 19.2 Å². The molecule has 0 aromatic carbocycles. The molecule has 43 heavy (non-hydrogen) atoms. The number of hydrogen-bond donors (Lipinski definition) is 4. The average molecular weight is 598 g/mol. The van der Waals surface area contributed by atoms with Gasteiger partial charge in [0.2, 0.25) is 17.6 Å². The minimum atomic E-state index is -1.03. The van der Waals surface area contributed by atoms with Crippen molar-refractivity contribution in [2.24, 2.45) is 23.2 Å². The summed E-state index contributed by atoms with van der Waals surface area (Å²) in [6, 6.07) is -3.00. The predicted octanol–water partition coefficient (Wildman–Crippen LogP) is 3.37. The number of carbonyl (C=O) groups excluding carboxylic acids is 5. The Bertz CT molecular complexity index is 1080. The molecule has 4 saturated carbocycles. The first-order chi connectivity index (χ1) is 20.4. The van der Waals surface area contributed by atoms with Crippen LogP contribution in [0.15, 0.2) is 25.3 Å². The minimum Gasteiger partial charge on any atom is -0.349 e. The zero-order chi connectivity index (χ0) is 31.4. The fourth-order valence-corrected chi connectivity index (χ4v) is 8.14. The number of amides is 5. The number of carbonyl (C=O) groups is 5. The molecule has 1 aliphatic heterocycles. The van der Waals surface area contributed by atoms with Crippen LogP contribution in [0.1, 0.15) is 91.4 Å². The van der Waals surface area contributed by atoms with Gasteiger partial charge in [0, 0.05) is 18.6 Å². The number of hydrogen-bond acceptors (Lipinski definition) is 5. The number of nitrogens with zero attached hydrogens (tertiary/aromatic N) is 1. The SMILES string of the molecule is C=CCCNC(=O)C(=O)C(CCC=C)NC(=O)[C@@H]1CCCN1C(=O)C(NC(=O)NC12CC3CC(CC(C3)C1)C2)C(C)(C)C. The van der Waals surface area contributed by atoms with Crippen LogP contribution in [0.5, 0.6) is 0 Å². The molecule has 0 radical (unpaired) electrons. The van der Waals surface area contributed by atoms with Gasteiger partial charge in [-0.25, -0.2) is 4.79 Å². The van der Waals surface area contributed by atoms with Gasteiger partial charge in [-0.2, -0.15) is 0 Å². The van der Waals surface area contributed by atoms with E-state index in [4.69, 9.17) is 0 Å². The fourth-order valence-electron chi connectivity index (χ4n) is 8.14. The van der Waals surface area contributed by atoms with Crippen LogP contribution in [0.25, 0.3) is 0 Å². The molecule has 2 unspecified atom stereocenters. The molecule has 4 aliphatic carbocycles. The number of likely N-dealkylation sites (tertiary alicyclic amines) is 1. The number of rotatable bonds is 13. The lowest BCUT2D eigenvalue weighted by molar-refractivity contribution is -0.143. The minimum absolute atomic E-state index is 0.189. The van der Waals surface area contributed by atoms with Crippen molar-refractivity contribution in [2.75, 3.05) is 13.1 Å². The highest BCUT2D eigenvalue weighted by Gasteiger charge is 2.52. The van der Waals surface area contributed by atoms with E-state index in [0.29, 0.717) is 50.0 Å². The number of ketones is 1. The maximum absolute atomic E-state index is 14.0. The van der Waals surface area contributed by atoms with E-state index in [1.54, 1.807) is 12.2 Å². The van der Waals surface area contributed by atoms with Crippen molar-refractivity contribution >= 4 is 29.5 Å². The third-order valence-electron chi connectivity index (χ3n) is 9.79. The molecule has 5 rings (SSSR count). The van der Waals surface area contributed by atoms with Crippen molar-refractivity contribution in [2.45, 2.75) is 115 Å². The molecular weight excluding hydrogens is 546 g/mol. The van der Waals surface area contributed by atoms with E-state index in [0.717, 1.165) is 19.3 Å². The van der Waals surface area contributed by atoms with Gasteiger partial charge in [-0.15, -0.1) is 13.2 Å². The van der Waals surface area contributed by atoms with Gasteiger partial charge in [0.25, 0.3) is 5.91 Å². The maximum atomic E-state index is 14.0. The topological polar surface area (TPSA) is 137 Å². The third-order valence-corrected chi connectivity index (χ3v) is 9.79. The van der Waals surface area contributed by atoms with Crippen molar-refractivity contribution < 1.29 is 24.0 Å². The average Bonchev–Trinajstić information content (AvgIpc) is 3.42. The quantitative estimate of drug-likeness (QED) is 0.147. The Balaban J connectivity index is 1.41. The molecule has 5 amide bonds. The molecule has 10 nitrogen and oxygen atoms in total. The fraction of sp³-hybridized carbons (Fsp3) is 0.727. The molecule has 0 aromatic rings. The van der Waals surface area contributed by atoms with Crippen LogP contribution in [0.3, 0.4) is 0 Å².